The van der Waals surface area contributed by atoms with E-state index in [1.165, 1.54) is 29.9 Å². The Morgan fingerprint density at radius 2 is 1.86 bits per heavy atom. The maximum atomic E-state index is 13.2. The second kappa shape index (κ2) is 10.4. The minimum atomic E-state index is -0.458. The molecular formula is C27H35ClN4O2S. The van der Waals surface area contributed by atoms with Gasteiger partial charge in [-0.1, -0.05) is 37.3 Å². The van der Waals surface area contributed by atoms with Crippen LogP contribution in [0.4, 0.5) is 11.4 Å². The van der Waals surface area contributed by atoms with Gasteiger partial charge in [0.15, 0.2) is 0 Å². The van der Waals surface area contributed by atoms with E-state index in [9.17, 15) is 9.59 Å². The molecule has 2 fully saturated rings. The van der Waals surface area contributed by atoms with Crippen molar-refractivity contribution in [3.05, 3.63) is 45.1 Å². The Balaban J connectivity index is 1.29. The van der Waals surface area contributed by atoms with E-state index in [1.807, 2.05) is 24.3 Å². The van der Waals surface area contributed by atoms with Gasteiger partial charge in [-0.3, -0.25) is 9.59 Å². The van der Waals surface area contributed by atoms with Crippen LogP contribution in [-0.2, 0) is 4.79 Å². The second-order valence-electron chi connectivity index (χ2n) is 10.3. The van der Waals surface area contributed by atoms with Crippen LogP contribution in [0.25, 0.3) is 0 Å². The molecule has 2 N–H and O–H groups in total. The average molecular weight is 515 g/mol. The molecular weight excluding hydrogens is 480 g/mol. The molecule has 35 heavy (non-hydrogen) atoms. The summed E-state index contributed by atoms with van der Waals surface area (Å²) in [4.78, 5) is 32.5. The smallest absolute Gasteiger partial charge is 0.262 e. The van der Waals surface area contributed by atoms with Crippen LogP contribution in [0.15, 0.2) is 30.3 Å². The lowest BCUT2D eigenvalue weighted by Gasteiger charge is -2.40. The zero-order valence-corrected chi connectivity index (χ0v) is 22.1. The highest BCUT2D eigenvalue weighted by Gasteiger charge is 2.32. The third-order valence-corrected chi connectivity index (χ3v) is 9.14. The highest BCUT2D eigenvalue weighted by Crippen LogP contribution is 2.40. The Morgan fingerprint density at radius 1 is 1.09 bits per heavy atom. The third-order valence-electron chi connectivity index (χ3n) is 7.65. The normalized spacial score (nSPS) is 19.9. The van der Waals surface area contributed by atoms with Crippen LogP contribution in [0, 0.1) is 5.92 Å². The molecule has 2 aromatic rings. The maximum Gasteiger partial charge on any atom is 0.262 e. The van der Waals surface area contributed by atoms with Gasteiger partial charge in [-0.2, -0.15) is 0 Å². The van der Waals surface area contributed by atoms with E-state index >= 15 is 0 Å². The second-order valence-corrected chi connectivity index (χ2v) is 11.9. The van der Waals surface area contributed by atoms with Crippen molar-refractivity contribution in [1.82, 2.24) is 10.6 Å². The number of likely N-dealkylation sites (N-methyl/N-ethyl adjacent to an activating group) is 1. The highest BCUT2D eigenvalue weighted by atomic mass is 35.5. The van der Waals surface area contributed by atoms with Crippen molar-refractivity contribution in [3.63, 3.8) is 0 Å². The Hall–Kier alpha value is -2.25. The number of amides is 2. The molecule has 3 aliphatic rings. The lowest BCUT2D eigenvalue weighted by Crippen LogP contribution is -2.48. The Morgan fingerprint density at radius 3 is 2.60 bits per heavy atom. The van der Waals surface area contributed by atoms with Crippen LogP contribution >= 0.6 is 22.9 Å². The van der Waals surface area contributed by atoms with Gasteiger partial charge in [0.2, 0.25) is 5.91 Å². The van der Waals surface area contributed by atoms with Crippen LogP contribution in [0.1, 0.15) is 72.5 Å². The SMILES string of the molecule is C[C@@H](c1ccc(C(=O)N[C@@H](CC2CCCC2)C(=O)NC2CC2)s1)N1CCN(C)c2ccc(Cl)cc21. The molecule has 5 rings (SSSR count). The summed E-state index contributed by atoms with van der Waals surface area (Å²) in [6.45, 7) is 3.99. The van der Waals surface area contributed by atoms with Gasteiger partial charge in [-0.05, 0) is 62.4 Å². The summed E-state index contributed by atoms with van der Waals surface area (Å²) in [5, 5.41) is 6.90. The Labute approximate surface area is 217 Å². The number of thiophene rings is 1. The third kappa shape index (κ3) is 5.61. The fraction of sp³-hybridized carbons (Fsp3) is 0.556. The number of hydrogen-bond acceptors (Lipinski definition) is 5. The van der Waals surface area contributed by atoms with Gasteiger partial charge in [0.1, 0.15) is 6.04 Å². The van der Waals surface area contributed by atoms with Crippen molar-refractivity contribution < 1.29 is 9.59 Å². The van der Waals surface area contributed by atoms with E-state index < -0.39 is 6.04 Å². The first-order valence-electron chi connectivity index (χ1n) is 12.9. The summed E-state index contributed by atoms with van der Waals surface area (Å²) in [7, 11) is 2.10. The summed E-state index contributed by atoms with van der Waals surface area (Å²) < 4.78 is 0. The number of rotatable bonds is 8. The number of nitrogens with one attached hydrogen (secondary N) is 2. The van der Waals surface area contributed by atoms with E-state index in [-0.39, 0.29) is 17.9 Å². The molecule has 8 heteroatoms. The molecule has 188 valence electrons. The number of carbonyl (C=O) groups is 2. The molecule has 1 aromatic carbocycles. The van der Waals surface area contributed by atoms with Gasteiger partial charge < -0.3 is 20.4 Å². The van der Waals surface area contributed by atoms with Crippen LogP contribution in [0.2, 0.25) is 5.02 Å². The van der Waals surface area contributed by atoms with E-state index in [2.05, 4.69) is 40.5 Å². The van der Waals surface area contributed by atoms with Crippen molar-refractivity contribution >= 4 is 46.1 Å². The summed E-state index contributed by atoms with van der Waals surface area (Å²) >= 11 is 7.84. The van der Waals surface area contributed by atoms with Crippen molar-refractivity contribution in [3.8, 4) is 0 Å². The lowest BCUT2D eigenvalue weighted by molar-refractivity contribution is -0.123. The first-order valence-corrected chi connectivity index (χ1v) is 14.1. The number of hydrogen-bond donors (Lipinski definition) is 2. The standard InChI is InChI=1S/C27H35ClN4O2S/c1-17(32-14-13-31(2)22-10-7-19(28)16-23(22)32)24-11-12-25(35-24)27(34)30-21(15-18-5-3-4-6-18)26(33)29-20-8-9-20/h7,10-12,16-18,20-21H,3-6,8-9,13-15H2,1-2H3,(H,29,33)(H,30,34)/t17-,21-/m0/s1. The number of halogens is 1. The minimum absolute atomic E-state index is 0.0242. The van der Waals surface area contributed by atoms with E-state index in [0.29, 0.717) is 16.8 Å². The fourth-order valence-electron chi connectivity index (χ4n) is 5.37. The number of nitrogens with zero attached hydrogens (tertiary/aromatic N) is 2. The quantitative estimate of drug-likeness (QED) is 0.496. The van der Waals surface area contributed by atoms with Crippen molar-refractivity contribution in [2.45, 2.75) is 70.0 Å². The molecule has 2 atom stereocenters. The largest absolute Gasteiger partial charge is 0.371 e. The van der Waals surface area contributed by atoms with Gasteiger partial charge >= 0.3 is 0 Å². The molecule has 0 unspecified atom stereocenters. The molecule has 6 nitrogen and oxygen atoms in total. The molecule has 2 saturated carbocycles. The summed E-state index contributed by atoms with van der Waals surface area (Å²) in [5.41, 5.74) is 2.28. The van der Waals surface area contributed by atoms with E-state index in [4.69, 9.17) is 11.6 Å². The Bertz CT molecular complexity index is 1080. The summed E-state index contributed by atoms with van der Waals surface area (Å²) in [6.07, 6.45) is 7.58. The van der Waals surface area contributed by atoms with Gasteiger partial charge in [-0.15, -0.1) is 11.3 Å². The van der Waals surface area contributed by atoms with Crippen molar-refractivity contribution in [1.29, 1.82) is 0 Å². The minimum Gasteiger partial charge on any atom is -0.371 e. The molecule has 1 aliphatic heterocycles. The summed E-state index contributed by atoms with van der Waals surface area (Å²) in [6, 6.07) is 9.91. The number of fused-ring (bicyclic) bond motifs is 1. The van der Waals surface area contributed by atoms with Gasteiger partial charge in [0.05, 0.1) is 22.3 Å². The predicted molar refractivity (Wildman–Crippen MR) is 144 cm³/mol. The van der Waals surface area contributed by atoms with Crippen molar-refractivity contribution in [2.24, 2.45) is 5.92 Å². The van der Waals surface area contributed by atoms with Gasteiger partial charge in [0.25, 0.3) is 5.91 Å². The molecule has 0 radical (unpaired) electrons. The molecule has 2 heterocycles. The topological polar surface area (TPSA) is 64.7 Å². The number of benzene rings is 1. The number of carbonyl (C=O) groups excluding carboxylic acids is 2. The summed E-state index contributed by atoms with van der Waals surface area (Å²) in [5.74, 6) is 0.348. The fourth-order valence-corrected chi connectivity index (χ4v) is 6.51. The van der Waals surface area contributed by atoms with E-state index in [1.54, 1.807) is 0 Å². The van der Waals surface area contributed by atoms with Crippen LogP contribution in [0.3, 0.4) is 0 Å². The monoisotopic (exact) mass is 514 g/mol. The van der Waals surface area contributed by atoms with Crippen LogP contribution in [0.5, 0.6) is 0 Å². The zero-order chi connectivity index (χ0) is 24.5. The van der Waals surface area contributed by atoms with Crippen LogP contribution < -0.4 is 20.4 Å². The average Bonchev–Trinajstić information content (AvgIpc) is 3.29. The first-order chi connectivity index (χ1) is 16.9. The first kappa shape index (κ1) is 24.4. The van der Waals surface area contributed by atoms with E-state index in [0.717, 1.165) is 60.8 Å². The zero-order valence-electron chi connectivity index (χ0n) is 20.6. The number of anilines is 2. The Kier molecular flexibility index (Phi) is 7.26. The van der Waals surface area contributed by atoms with Crippen molar-refractivity contribution in [2.75, 3.05) is 29.9 Å². The van der Waals surface area contributed by atoms with Crippen LogP contribution in [-0.4, -0.2) is 44.0 Å². The van der Waals surface area contributed by atoms with Gasteiger partial charge in [-0.25, -0.2) is 0 Å². The highest BCUT2D eigenvalue weighted by molar-refractivity contribution is 7.14. The molecule has 1 aromatic heterocycles. The molecule has 2 amide bonds. The molecule has 0 spiro atoms. The molecule has 0 bridgehead atoms. The lowest BCUT2D eigenvalue weighted by atomic mass is 9.97. The maximum absolute atomic E-state index is 13.2. The molecule has 0 saturated heterocycles. The van der Waals surface area contributed by atoms with Gasteiger partial charge in [0, 0.05) is 36.1 Å². The predicted octanol–water partition coefficient (Wildman–Crippen LogP) is 5.38. The molecule has 2 aliphatic carbocycles.